The van der Waals surface area contributed by atoms with Crippen LogP contribution in [0.3, 0.4) is 0 Å². The van der Waals surface area contributed by atoms with Gasteiger partial charge in [0, 0.05) is 18.6 Å². The first-order valence-electron chi connectivity index (χ1n) is 7.95. The Kier molecular flexibility index (Phi) is 4.95. The molecule has 1 aliphatic heterocycles. The SMILES string of the molecule is CC(C)(C)C1CCCN(C(=O)C(C)(C)C(C)(C)N)CC1. The van der Waals surface area contributed by atoms with Gasteiger partial charge >= 0.3 is 0 Å². The van der Waals surface area contributed by atoms with Crippen molar-refractivity contribution in [2.45, 2.75) is 73.3 Å². The van der Waals surface area contributed by atoms with Gasteiger partial charge in [-0.1, -0.05) is 20.8 Å². The quantitative estimate of drug-likeness (QED) is 0.843. The Labute approximate surface area is 125 Å². The van der Waals surface area contributed by atoms with E-state index in [-0.39, 0.29) is 5.91 Å². The third-order valence-corrected chi connectivity index (χ3v) is 5.39. The standard InChI is InChI=1S/C17H34N2O/c1-15(2,3)13-9-8-11-19(12-10-13)14(20)16(4,5)17(6,7)18/h13H,8-12,18H2,1-7H3. The van der Waals surface area contributed by atoms with Crippen molar-refractivity contribution in [1.82, 2.24) is 4.90 Å². The largest absolute Gasteiger partial charge is 0.342 e. The van der Waals surface area contributed by atoms with E-state index in [2.05, 4.69) is 20.8 Å². The predicted molar refractivity (Wildman–Crippen MR) is 85.4 cm³/mol. The lowest BCUT2D eigenvalue weighted by Gasteiger charge is -2.40. The maximum Gasteiger partial charge on any atom is 0.230 e. The van der Waals surface area contributed by atoms with Crippen LogP contribution in [0.5, 0.6) is 0 Å². The molecule has 0 spiro atoms. The summed E-state index contributed by atoms with van der Waals surface area (Å²) in [6, 6.07) is 0. The number of nitrogens with two attached hydrogens (primary N) is 1. The molecule has 0 saturated carbocycles. The minimum atomic E-state index is -0.519. The van der Waals surface area contributed by atoms with Crippen molar-refractivity contribution >= 4 is 5.91 Å². The van der Waals surface area contributed by atoms with E-state index in [1.807, 2.05) is 32.6 Å². The summed E-state index contributed by atoms with van der Waals surface area (Å²) in [4.78, 5) is 14.9. The molecule has 1 fully saturated rings. The average Bonchev–Trinajstić information content (AvgIpc) is 2.50. The number of hydrogen-bond donors (Lipinski definition) is 1. The van der Waals surface area contributed by atoms with Crippen molar-refractivity contribution in [3.05, 3.63) is 0 Å². The number of carbonyl (C=O) groups excluding carboxylic acids is 1. The number of carbonyl (C=O) groups is 1. The van der Waals surface area contributed by atoms with Crippen LogP contribution < -0.4 is 5.73 Å². The zero-order valence-electron chi connectivity index (χ0n) is 14.5. The summed E-state index contributed by atoms with van der Waals surface area (Å²) in [7, 11) is 0. The van der Waals surface area contributed by atoms with Gasteiger partial charge in [0.25, 0.3) is 0 Å². The van der Waals surface area contributed by atoms with Crippen LogP contribution in [-0.2, 0) is 4.79 Å². The van der Waals surface area contributed by atoms with Gasteiger partial charge in [-0.25, -0.2) is 0 Å². The summed E-state index contributed by atoms with van der Waals surface area (Å²) in [6.07, 6.45) is 3.44. The highest BCUT2D eigenvalue weighted by Crippen LogP contribution is 2.36. The molecule has 0 aliphatic carbocycles. The van der Waals surface area contributed by atoms with Crippen molar-refractivity contribution in [2.75, 3.05) is 13.1 Å². The number of amides is 1. The van der Waals surface area contributed by atoms with Crippen LogP contribution in [0.25, 0.3) is 0 Å². The Morgan fingerprint density at radius 1 is 1.00 bits per heavy atom. The molecule has 3 nitrogen and oxygen atoms in total. The second-order valence-electron chi connectivity index (χ2n) is 8.63. The van der Waals surface area contributed by atoms with Crippen LogP contribution in [0.15, 0.2) is 0 Å². The lowest BCUT2D eigenvalue weighted by Crippen LogP contribution is -2.56. The van der Waals surface area contributed by atoms with Crippen LogP contribution >= 0.6 is 0 Å². The Bertz CT molecular complexity index is 347. The van der Waals surface area contributed by atoms with Crippen LogP contribution in [0, 0.1) is 16.7 Å². The Morgan fingerprint density at radius 3 is 2.00 bits per heavy atom. The van der Waals surface area contributed by atoms with E-state index in [0.717, 1.165) is 25.9 Å². The van der Waals surface area contributed by atoms with Gasteiger partial charge in [0.2, 0.25) is 5.91 Å². The molecule has 0 aromatic carbocycles. The monoisotopic (exact) mass is 282 g/mol. The first-order chi connectivity index (χ1) is 8.87. The third-order valence-electron chi connectivity index (χ3n) is 5.39. The molecule has 1 heterocycles. The molecule has 1 amide bonds. The van der Waals surface area contributed by atoms with Gasteiger partial charge in [0.1, 0.15) is 0 Å². The highest BCUT2D eigenvalue weighted by molar-refractivity contribution is 5.83. The molecule has 1 rings (SSSR count). The second kappa shape index (κ2) is 5.67. The number of rotatable bonds is 2. The second-order valence-corrected chi connectivity index (χ2v) is 8.63. The van der Waals surface area contributed by atoms with Crippen molar-refractivity contribution in [3.63, 3.8) is 0 Å². The molecule has 1 saturated heterocycles. The Balaban J connectivity index is 2.78. The van der Waals surface area contributed by atoms with Crippen molar-refractivity contribution in [2.24, 2.45) is 22.5 Å². The first-order valence-corrected chi connectivity index (χ1v) is 7.95. The zero-order valence-corrected chi connectivity index (χ0v) is 14.5. The van der Waals surface area contributed by atoms with Crippen LogP contribution in [0.1, 0.15) is 67.7 Å². The summed E-state index contributed by atoms with van der Waals surface area (Å²) in [5, 5.41) is 0. The minimum absolute atomic E-state index is 0.208. The van der Waals surface area contributed by atoms with Gasteiger partial charge in [0.15, 0.2) is 0 Å². The fourth-order valence-corrected chi connectivity index (χ4v) is 2.84. The van der Waals surface area contributed by atoms with Crippen LogP contribution in [0.2, 0.25) is 0 Å². The summed E-state index contributed by atoms with van der Waals surface area (Å²) in [6.45, 7) is 16.5. The van der Waals surface area contributed by atoms with Gasteiger partial charge in [-0.15, -0.1) is 0 Å². The smallest absolute Gasteiger partial charge is 0.230 e. The van der Waals surface area contributed by atoms with Gasteiger partial charge in [0.05, 0.1) is 5.41 Å². The molecule has 2 N–H and O–H groups in total. The molecule has 20 heavy (non-hydrogen) atoms. The van der Waals surface area contributed by atoms with E-state index >= 15 is 0 Å². The minimum Gasteiger partial charge on any atom is -0.342 e. The summed E-state index contributed by atoms with van der Waals surface area (Å²) in [5.74, 6) is 0.911. The zero-order chi connectivity index (χ0) is 15.8. The Morgan fingerprint density at radius 2 is 1.55 bits per heavy atom. The molecule has 1 atom stereocenters. The molecule has 1 unspecified atom stereocenters. The van der Waals surface area contributed by atoms with Crippen molar-refractivity contribution in [3.8, 4) is 0 Å². The lowest BCUT2D eigenvalue weighted by molar-refractivity contribution is -0.143. The van der Waals surface area contributed by atoms with Crippen LogP contribution in [-0.4, -0.2) is 29.4 Å². The molecule has 0 bridgehead atoms. The van der Waals surface area contributed by atoms with Gasteiger partial charge in [-0.05, 0) is 58.3 Å². The fourth-order valence-electron chi connectivity index (χ4n) is 2.84. The highest BCUT2D eigenvalue weighted by atomic mass is 16.2. The maximum atomic E-state index is 12.8. The van der Waals surface area contributed by atoms with Gasteiger partial charge in [-0.2, -0.15) is 0 Å². The summed E-state index contributed by atoms with van der Waals surface area (Å²) < 4.78 is 0. The van der Waals surface area contributed by atoms with Gasteiger partial charge in [-0.3, -0.25) is 4.79 Å². The highest BCUT2D eigenvalue weighted by Gasteiger charge is 2.43. The van der Waals surface area contributed by atoms with Crippen molar-refractivity contribution in [1.29, 1.82) is 0 Å². The van der Waals surface area contributed by atoms with E-state index in [4.69, 9.17) is 5.73 Å². The molecule has 0 aromatic rings. The molecular weight excluding hydrogens is 248 g/mol. The molecule has 0 radical (unpaired) electrons. The molecule has 1 aliphatic rings. The first kappa shape index (κ1) is 17.5. The lowest BCUT2D eigenvalue weighted by atomic mass is 9.74. The number of hydrogen-bond acceptors (Lipinski definition) is 2. The van der Waals surface area contributed by atoms with E-state index in [0.29, 0.717) is 11.3 Å². The topological polar surface area (TPSA) is 46.3 Å². The summed E-state index contributed by atoms with van der Waals surface area (Å²) >= 11 is 0. The fraction of sp³-hybridized carbons (Fsp3) is 0.941. The Hall–Kier alpha value is -0.570. The molecular formula is C17H34N2O. The number of nitrogens with zero attached hydrogens (tertiary/aromatic N) is 1. The van der Waals surface area contributed by atoms with E-state index in [1.165, 1.54) is 6.42 Å². The van der Waals surface area contributed by atoms with E-state index in [9.17, 15) is 4.79 Å². The average molecular weight is 282 g/mol. The van der Waals surface area contributed by atoms with Crippen LogP contribution in [0.4, 0.5) is 0 Å². The normalized spacial score (nSPS) is 22.6. The van der Waals surface area contributed by atoms with E-state index < -0.39 is 11.0 Å². The molecule has 3 heteroatoms. The van der Waals surface area contributed by atoms with Gasteiger partial charge < -0.3 is 10.6 Å². The molecule has 0 aromatic heterocycles. The molecule has 118 valence electrons. The maximum absolute atomic E-state index is 12.8. The predicted octanol–water partition coefficient (Wildman–Crippen LogP) is 3.42. The third kappa shape index (κ3) is 3.75. The summed E-state index contributed by atoms with van der Waals surface area (Å²) in [5.41, 5.74) is 5.52. The number of likely N-dealkylation sites (tertiary alicyclic amines) is 1. The van der Waals surface area contributed by atoms with E-state index in [1.54, 1.807) is 0 Å². The van der Waals surface area contributed by atoms with Crippen molar-refractivity contribution < 1.29 is 4.79 Å².